The van der Waals surface area contributed by atoms with Crippen LogP contribution in [0.2, 0.25) is 0 Å². The van der Waals surface area contributed by atoms with Crippen molar-refractivity contribution in [3.8, 4) is 6.01 Å². The van der Waals surface area contributed by atoms with Gasteiger partial charge in [0.1, 0.15) is 22.8 Å². The molecule has 7 nitrogen and oxygen atoms in total. The topological polar surface area (TPSA) is 67.8 Å². The Morgan fingerprint density at radius 1 is 1.20 bits per heavy atom. The number of amides is 1. The quantitative estimate of drug-likeness (QED) is 0.435. The lowest BCUT2D eigenvalue weighted by molar-refractivity contribution is 0.0123. The number of ether oxygens (including phenoxy) is 2. The molecule has 3 fully saturated rings. The first kappa shape index (κ1) is 24.5. The van der Waals surface area contributed by atoms with E-state index in [1.54, 1.807) is 0 Å². The zero-order chi connectivity index (χ0) is 25.1. The Morgan fingerprint density at radius 2 is 1.86 bits per heavy atom. The Morgan fingerprint density at radius 3 is 2.43 bits per heavy atom. The van der Waals surface area contributed by atoms with Crippen LogP contribution in [0.1, 0.15) is 59.8 Å². The summed E-state index contributed by atoms with van der Waals surface area (Å²) >= 11 is 2.99. The van der Waals surface area contributed by atoms with E-state index in [1.165, 1.54) is 6.07 Å². The first-order valence-corrected chi connectivity index (χ1v) is 13.0. The van der Waals surface area contributed by atoms with Gasteiger partial charge in [0.25, 0.3) is 0 Å². The van der Waals surface area contributed by atoms with Crippen LogP contribution in [-0.2, 0) is 4.74 Å². The molecule has 2 aromatic rings. The van der Waals surface area contributed by atoms with Crippen LogP contribution in [0.25, 0.3) is 10.9 Å². The van der Waals surface area contributed by atoms with Crippen molar-refractivity contribution in [3.63, 3.8) is 0 Å². The first-order chi connectivity index (χ1) is 16.5. The number of benzene rings is 1. The van der Waals surface area contributed by atoms with Gasteiger partial charge in [0, 0.05) is 23.9 Å². The van der Waals surface area contributed by atoms with E-state index in [9.17, 15) is 9.18 Å². The molecule has 2 saturated heterocycles. The van der Waals surface area contributed by atoms with Crippen molar-refractivity contribution in [1.82, 2.24) is 14.9 Å². The first-order valence-electron chi connectivity index (χ1n) is 12.2. The predicted octanol–water partition coefficient (Wildman–Crippen LogP) is 5.83. The van der Waals surface area contributed by atoms with Crippen molar-refractivity contribution in [2.45, 2.75) is 77.5 Å². The molecule has 3 heterocycles. The van der Waals surface area contributed by atoms with Gasteiger partial charge >= 0.3 is 12.1 Å². The van der Waals surface area contributed by atoms with Crippen LogP contribution in [0, 0.1) is 17.0 Å². The second-order valence-corrected chi connectivity index (χ2v) is 11.8. The van der Waals surface area contributed by atoms with E-state index >= 15 is 4.39 Å². The molecule has 0 N–H and O–H groups in total. The van der Waals surface area contributed by atoms with Crippen molar-refractivity contribution < 1.29 is 23.0 Å². The second-order valence-electron chi connectivity index (χ2n) is 11.0. The Bertz CT molecular complexity index is 1150. The molecule has 1 aliphatic carbocycles. The van der Waals surface area contributed by atoms with Crippen LogP contribution >= 0.6 is 15.9 Å². The highest BCUT2D eigenvalue weighted by molar-refractivity contribution is 9.10. The van der Waals surface area contributed by atoms with Crippen LogP contribution < -0.4 is 9.64 Å². The maximum atomic E-state index is 15.1. The molecule has 2 unspecified atom stereocenters. The van der Waals surface area contributed by atoms with E-state index in [2.05, 4.69) is 32.8 Å². The van der Waals surface area contributed by atoms with Crippen molar-refractivity contribution in [3.05, 3.63) is 22.2 Å². The van der Waals surface area contributed by atoms with E-state index < -0.39 is 17.2 Å². The fourth-order valence-corrected chi connectivity index (χ4v) is 5.43. The van der Waals surface area contributed by atoms with E-state index in [0.717, 1.165) is 32.1 Å². The molecular formula is C25H31BrF2N4O3. The predicted molar refractivity (Wildman–Crippen MR) is 132 cm³/mol. The number of anilines is 1. The van der Waals surface area contributed by atoms with E-state index in [0.29, 0.717) is 25.5 Å². The van der Waals surface area contributed by atoms with E-state index in [4.69, 9.17) is 9.47 Å². The summed E-state index contributed by atoms with van der Waals surface area (Å²) in [6.45, 7) is 9.12. The molecule has 0 spiro atoms. The molecule has 5 rings (SSSR count). The molecule has 0 radical (unpaired) electrons. The standard InChI is InChI=1S/C25H31BrF2N4O3/c1-5-25(8-9-25)13-34-22-29-20-16(10-17(27)18(26)19(20)28)21(30-22)31-11-14-6-7-15(12-31)32(14)23(33)35-24(2,3)4/h10,14-15H,5-9,11-13H2,1-4H3. The van der Waals surface area contributed by atoms with Crippen molar-refractivity contribution in [1.29, 1.82) is 0 Å². The van der Waals surface area contributed by atoms with Crippen LogP contribution in [0.4, 0.5) is 19.4 Å². The minimum absolute atomic E-state index is 0.0153. The molecule has 1 aromatic heterocycles. The minimum Gasteiger partial charge on any atom is -0.463 e. The summed E-state index contributed by atoms with van der Waals surface area (Å²) in [4.78, 5) is 25.6. The summed E-state index contributed by atoms with van der Waals surface area (Å²) in [7, 11) is 0. The highest BCUT2D eigenvalue weighted by Crippen LogP contribution is 2.48. The average Bonchev–Trinajstić information content (AvgIpc) is 3.53. The monoisotopic (exact) mass is 552 g/mol. The number of halogens is 3. The highest BCUT2D eigenvalue weighted by atomic mass is 79.9. The second kappa shape index (κ2) is 8.71. The summed E-state index contributed by atoms with van der Waals surface area (Å²) in [6.07, 6.45) is 4.52. The molecule has 2 atom stereocenters. The van der Waals surface area contributed by atoms with Gasteiger partial charge < -0.3 is 14.4 Å². The number of rotatable bonds is 5. The molecule has 1 saturated carbocycles. The lowest BCUT2D eigenvalue weighted by atomic mass is 10.1. The number of fused-ring (bicyclic) bond motifs is 3. The molecular weight excluding hydrogens is 522 g/mol. The van der Waals surface area contributed by atoms with Gasteiger partial charge in [-0.2, -0.15) is 9.97 Å². The summed E-state index contributed by atoms with van der Waals surface area (Å²) in [6, 6.07) is 1.21. The molecule has 190 valence electrons. The average molecular weight is 553 g/mol. The van der Waals surface area contributed by atoms with Gasteiger partial charge in [-0.15, -0.1) is 0 Å². The maximum absolute atomic E-state index is 15.1. The normalized spacial score (nSPS) is 23.1. The third-order valence-electron chi connectivity index (χ3n) is 7.39. The number of hydrogen-bond acceptors (Lipinski definition) is 6. The number of aromatic nitrogens is 2. The van der Waals surface area contributed by atoms with Crippen LogP contribution in [0.5, 0.6) is 6.01 Å². The van der Waals surface area contributed by atoms with Crippen LogP contribution in [-0.4, -0.2) is 58.3 Å². The molecule has 2 aliphatic heterocycles. The third-order valence-corrected chi connectivity index (χ3v) is 8.11. The lowest BCUT2D eigenvalue weighted by Gasteiger charge is -2.42. The molecule has 1 aromatic carbocycles. The molecule has 10 heteroatoms. The van der Waals surface area contributed by atoms with Gasteiger partial charge in [-0.1, -0.05) is 6.92 Å². The SMILES string of the molecule is CCC1(COc2nc(N3CC4CCC(C3)N4C(=O)OC(C)(C)C)c3cc(F)c(Br)c(F)c3n2)CC1. The highest BCUT2D eigenvalue weighted by Gasteiger charge is 2.45. The zero-order valence-electron chi connectivity index (χ0n) is 20.5. The number of hydrogen-bond donors (Lipinski definition) is 0. The van der Waals surface area contributed by atoms with Crippen molar-refractivity contribution in [2.75, 3.05) is 24.6 Å². The van der Waals surface area contributed by atoms with Crippen molar-refractivity contribution in [2.24, 2.45) is 5.41 Å². The minimum atomic E-state index is -0.777. The van der Waals surface area contributed by atoms with Gasteiger partial charge in [0.15, 0.2) is 5.82 Å². The summed E-state index contributed by atoms with van der Waals surface area (Å²) in [5.41, 5.74) is -0.428. The Hall–Kier alpha value is -2.23. The fraction of sp³-hybridized carbons (Fsp3) is 0.640. The fourth-order valence-electron chi connectivity index (χ4n) is 5.13. The molecule has 3 aliphatic rings. The smallest absolute Gasteiger partial charge is 0.410 e. The van der Waals surface area contributed by atoms with Gasteiger partial charge in [0.05, 0.1) is 23.2 Å². The van der Waals surface area contributed by atoms with Crippen LogP contribution in [0.15, 0.2) is 10.5 Å². The third kappa shape index (κ3) is 4.66. The maximum Gasteiger partial charge on any atom is 0.410 e. The van der Waals surface area contributed by atoms with Crippen LogP contribution in [0.3, 0.4) is 0 Å². The largest absolute Gasteiger partial charge is 0.463 e. The Balaban J connectivity index is 1.48. The summed E-state index contributed by atoms with van der Waals surface area (Å²) in [5, 5.41) is 0.289. The number of carbonyl (C=O) groups is 1. The zero-order valence-corrected chi connectivity index (χ0v) is 22.1. The molecule has 2 bridgehead atoms. The van der Waals surface area contributed by atoms with Gasteiger partial charge in [-0.05, 0) is 74.9 Å². The Labute approximate surface area is 212 Å². The Kier molecular flexibility index (Phi) is 6.09. The lowest BCUT2D eigenvalue weighted by Crippen LogP contribution is -2.57. The van der Waals surface area contributed by atoms with E-state index in [-0.39, 0.29) is 45.0 Å². The van der Waals surface area contributed by atoms with Gasteiger partial charge in [0.2, 0.25) is 0 Å². The summed E-state index contributed by atoms with van der Waals surface area (Å²) < 4.78 is 41.0. The number of piperazine rings is 1. The number of nitrogens with zero attached hydrogens (tertiary/aromatic N) is 4. The van der Waals surface area contributed by atoms with Gasteiger partial charge in [-0.3, -0.25) is 4.90 Å². The molecule has 35 heavy (non-hydrogen) atoms. The van der Waals surface area contributed by atoms with E-state index in [1.807, 2.05) is 30.6 Å². The summed E-state index contributed by atoms with van der Waals surface area (Å²) in [5.74, 6) is -1.07. The molecule has 1 amide bonds. The van der Waals surface area contributed by atoms with Gasteiger partial charge in [-0.25, -0.2) is 13.6 Å². The van der Waals surface area contributed by atoms with Crippen molar-refractivity contribution >= 4 is 38.7 Å². The number of carbonyl (C=O) groups excluding carboxylic acids is 1.